The Bertz CT molecular complexity index is 1600. The van der Waals surface area contributed by atoms with Crippen LogP contribution in [0.15, 0.2) is 90.0 Å². The molecule has 4 aromatic rings. The van der Waals surface area contributed by atoms with Gasteiger partial charge in [-0.25, -0.2) is 9.78 Å². The number of hydrogen-bond acceptors (Lipinski definition) is 7. The first-order valence-electron chi connectivity index (χ1n) is 12.5. The van der Waals surface area contributed by atoms with E-state index < -0.39 is 41.3 Å². The molecule has 0 bridgehead atoms. The zero-order valence-corrected chi connectivity index (χ0v) is 20.7. The van der Waals surface area contributed by atoms with E-state index in [4.69, 9.17) is 4.74 Å². The quantitative estimate of drug-likeness (QED) is 0.397. The third-order valence-corrected chi connectivity index (χ3v) is 7.47. The van der Waals surface area contributed by atoms with E-state index in [1.807, 2.05) is 42.5 Å². The Morgan fingerprint density at radius 3 is 2.61 bits per heavy atom. The number of nitrogens with zero attached hydrogens (tertiary/aromatic N) is 3. The van der Waals surface area contributed by atoms with Gasteiger partial charge < -0.3 is 20.1 Å². The van der Waals surface area contributed by atoms with E-state index in [0.717, 1.165) is 5.56 Å². The second-order valence-electron chi connectivity index (χ2n) is 9.73. The monoisotopic (exact) mass is 510 g/mol. The van der Waals surface area contributed by atoms with Gasteiger partial charge in [0.15, 0.2) is 0 Å². The lowest BCUT2D eigenvalue weighted by Gasteiger charge is -2.47. The summed E-state index contributed by atoms with van der Waals surface area (Å²) in [6.45, 7) is 1.62. The topological polar surface area (TPSA) is 114 Å². The van der Waals surface area contributed by atoms with Crippen molar-refractivity contribution in [2.45, 2.75) is 43.8 Å². The van der Waals surface area contributed by atoms with Crippen LogP contribution < -0.4 is 10.9 Å². The van der Waals surface area contributed by atoms with Crippen molar-refractivity contribution in [2.24, 2.45) is 0 Å². The number of esters is 1. The van der Waals surface area contributed by atoms with Gasteiger partial charge in [-0.15, -0.1) is 0 Å². The molecule has 0 unspecified atom stereocenters. The van der Waals surface area contributed by atoms with E-state index in [-0.39, 0.29) is 13.0 Å². The number of nitrogens with one attached hydrogen (secondary N) is 1. The second kappa shape index (κ2) is 9.11. The molecule has 0 aliphatic carbocycles. The highest BCUT2D eigenvalue weighted by Crippen LogP contribution is 2.49. The molecule has 2 aliphatic heterocycles. The van der Waals surface area contributed by atoms with Crippen molar-refractivity contribution in [3.63, 3.8) is 0 Å². The molecular weight excluding hydrogens is 484 g/mol. The first-order chi connectivity index (χ1) is 18.4. The minimum absolute atomic E-state index is 0.0477. The Labute approximate surface area is 218 Å². The number of anilines is 1. The van der Waals surface area contributed by atoms with Gasteiger partial charge in [-0.3, -0.25) is 14.2 Å². The normalized spacial score (nSPS) is 22.9. The Hall–Kier alpha value is -4.50. The highest BCUT2D eigenvalue weighted by molar-refractivity contribution is 5.89. The van der Waals surface area contributed by atoms with E-state index in [1.165, 1.54) is 15.8 Å². The van der Waals surface area contributed by atoms with Crippen LogP contribution in [0.3, 0.4) is 0 Å². The standard InChI is InChI=1S/C29H26N4O5/c1-18(27(36)38-16-19-9-3-2-4-10-19)33-26(35)24(32-17-30-22-13-7-5-11-20(22)25(32)34)15-29(37)21-12-6-8-14-23(21)31-28(29)33/h2-14,17-18,24,28,31,37H,15-16H2,1H3/t18-,24+,28-,29+/m0/s1. The fraction of sp³-hybridized carbons (Fsp3) is 0.241. The Morgan fingerprint density at radius 2 is 1.79 bits per heavy atom. The number of carbonyl (C=O) groups excluding carboxylic acids is 2. The van der Waals surface area contributed by atoms with Crippen molar-refractivity contribution in [2.75, 3.05) is 5.32 Å². The first-order valence-corrected chi connectivity index (χ1v) is 12.5. The molecule has 1 fully saturated rings. The fourth-order valence-electron chi connectivity index (χ4n) is 5.50. The first kappa shape index (κ1) is 23.9. The SMILES string of the molecule is C[C@@H](C(=O)OCc1ccccc1)N1C(=O)[C@H](n2cnc3ccccc3c2=O)C[C@@]2(O)c3ccccc3N[C@@H]12. The number of fused-ring (bicyclic) bond motifs is 4. The van der Waals surface area contributed by atoms with Gasteiger partial charge in [0.1, 0.15) is 30.5 Å². The maximum atomic E-state index is 14.0. The summed E-state index contributed by atoms with van der Waals surface area (Å²) in [6.07, 6.45) is 0.344. The summed E-state index contributed by atoms with van der Waals surface area (Å²) in [5, 5.41) is 15.7. The molecule has 2 N–H and O–H groups in total. The Morgan fingerprint density at radius 1 is 1.08 bits per heavy atom. The number of rotatable bonds is 5. The smallest absolute Gasteiger partial charge is 0.328 e. The van der Waals surface area contributed by atoms with Crippen molar-refractivity contribution in [1.82, 2.24) is 14.5 Å². The molecule has 0 saturated carbocycles. The third-order valence-electron chi connectivity index (χ3n) is 7.47. The average Bonchev–Trinajstić information content (AvgIpc) is 3.24. The predicted molar refractivity (Wildman–Crippen MR) is 140 cm³/mol. The van der Waals surface area contributed by atoms with Crippen molar-refractivity contribution >= 4 is 28.5 Å². The molecule has 0 spiro atoms. The largest absolute Gasteiger partial charge is 0.459 e. The number of ether oxygens (including phenoxy) is 1. The molecule has 4 atom stereocenters. The number of piperidine rings is 1. The Kier molecular flexibility index (Phi) is 5.72. The van der Waals surface area contributed by atoms with E-state index in [2.05, 4.69) is 10.3 Å². The molecule has 6 rings (SSSR count). The van der Waals surface area contributed by atoms with Crippen LogP contribution in [-0.4, -0.2) is 43.6 Å². The molecule has 9 heteroatoms. The Balaban J connectivity index is 1.40. The summed E-state index contributed by atoms with van der Waals surface area (Å²) in [5.74, 6) is -1.10. The van der Waals surface area contributed by atoms with Crippen LogP contribution in [0.5, 0.6) is 0 Å². The summed E-state index contributed by atoms with van der Waals surface area (Å²) in [4.78, 5) is 46.4. The van der Waals surface area contributed by atoms with Gasteiger partial charge >= 0.3 is 5.97 Å². The van der Waals surface area contributed by atoms with Crippen LogP contribution in [0.4, 0.5) is 5.69 Å². The number of carbonyl (C=O) groups is 2. The molecule has 1 saturated heterocycles. The van der Waals surface area contributed by atoms with Crippen LogP contribution >= 0.6 is 0 Å². The van der Waals surface area contributed by atoms with E-state index in [9.17, 15) is 19.5 Å². The molecule has 3 aromatic carbocycles. The summed E-state index contributed by atoms with van der Waals surface area (Å²) in [6, 6.07) is 21.2. The summed E-state index contributed by atoms with van der Waals surface area (Å²) in [5.41, 5.74) is 0.624. The van der Waals surface area contributed by atoms with Gasteiger partial charge in [0.2, 0.25) is 5.91 Å². The van der Waals surface area contributed by atoms with Crippen LogP contribution in [0, 0.1) is 0 Å². The van der Waals surface area contributed by atoms with Crippen molar-refractivity contribution in [3.8, 4) is 0 Å². The zero-order chi connectivity index (χ0) is 26.4. The highest BCUT2D eigenvalue weighted by Gasteiger charge is 2.58. The average molecular weight is 511 g/mol. The number of aliphatic hydroxyl groups is 1. The molecule has 38 heavy (non-hydrogen) atoms. The van der Waals surface area contributed by atoms with E-state index in [1.54, 1.807) is 43.3 Å². The summed E-state index contributed by atoms with van der Waals surface area (Å²) >= 11 is 0. The minimum Gasteiger partial charge on any atom is -0.459 e. The molecule has 0 radical (unpaired) electrons. The number of para-hydroxylation sites is 2. The fourth-order valence-corrected chi connectivity index (χ4v) is 5.50. The maximum Gasteiger partial charge on any atom is 0.328 e. The molecule has 192 valence electrons. The van der Waals surface area contributed by atoms with E-state index in [0.29, 0.717) is 22.2 Å². The van der Waals surface area contributed by atoms with Gasteiger partial charge in [-0.05, 0) is 30.7 Å². The molecule has 2 aliphatic rings. The van der Waals surface area contributed by atoms with Gasteiger partial charge in [0.25, 0.3) is 5.56 Å². The van der Waals surface area contributed by atoms with Crippen LogP contribution in [-0.2, 0) is 26.5 Å². The zero-order valence-electron chi connectivity index (χ0n) is 20.7. The van der Waals surface area contributed by atoms with Crippen LogP contribution in [0.2, 0.25) is 0 Å². The van der Waals surface area contributed by atoms with Gasteiger partial charge in [-0.2, -0.15) is 0 Å². The lowest BCUT2D eigenvalue weighted by Crippen LogP contribution is -2.65. The number of benzene rings is 3. The van der Waals surface area contributed by atoms with Gasteiger partial charge in [-0.1, -0.05) is 60.7 Å². The van der Waals surface area contributed by atoms with Crippen molar-refractivity contribution in [1.29, 1.82) is 0 Å². The highest BCUT2D eigenvalue weighted by atomic mass is 16.5. The second-order valence-corrected chi connectivity index (χ2v) is 9.73. The summed E-state index contributed by atoms with van der Waals surface area (Å²) in [7, 11) is 0. The number of hydrogen-bond donors (Lipinski definition) is 2. The lowest BCUT2D eigenvalue weighted by molar-refractivity contribution is -0.172. The van der Waals surface area contributed by atoms with Crippen molar-refractivity contribution in [3.05, 3.63) is 107 Å². The molecule has 1 aromatic heterocycles. The third kappa shape index (κ3) is 3.74. The lowest BCUT2D eigenvalue weighted by atomic mass is 9.81. The summed E-state index contributed by atoms with van der Waals surface area (Å²) < 4.78 is 6.81. The predicted octanol–water partition coefficient (Wildman–Crippen LogP) is 2.94. The molecular formula is C29H26N4O5. The molecule has 1 amide bonds. The van der Waals surface area contributed by atoms with Gasteiger partial charge in [0, 0.05) is 17.7 Å². The number of amides is 1. The molecule has 9 nitrogen and oxygen atoms in total. The van der Waals surface area contributed by atoms with Gasteiger partial charge in [0.05, 0.1) is 17.2 Å². The van der Waals surface area contributed by atoms with Crippen molar-refractivity contribution < 1.29 is 19.4 Å². The van der Waals surface area contributed by atoms with Crippen LogP contribution in [0.1, 0.15) is 30.5 Å². The maximum absolute atomic E-state index is 14.0. The molecule has 3 heterocycles. The minimum atomic E-state index is -1.56. The van der Waals surface area contributed by atoms with Crippen LogP contribution in [0.25, 0.3) is 10.9 Å². The number of aromatic nitrogens is 2. The number of likely N-dealkylation sites (tertiary alicyclic amines) is 1. The van der Waals surface area contributed by atoms with E-state index >= 15 is 0 Å².